The van der Waals surface area contributed by atoms with Crippen molar-refractivity contribution in [2.75, 3.05) is 13.2 Å². The van der Waals surface area contributed by atoms with Crippen LogP contribution in [0.4, 0.5) is 0 Å². The highest BCUT2D eigenvalue weighted by molar-refractivity contribution is 5.71. The summed E-state index contributed by atoms with van der Waals surface area (Å²) in [6.45, 7) is 6.47. The molecule has 0 bridgehead atoms. The van der Waals surface area contributed by atoms with Crippen molar-refractivity contribution >= 4 is 17.9 Å². The number of carbonyl (C=O) groups excluding carboxylic acids is 3. The smallest absolute Gasteiger partial charge is 0.306 e. The first-order chi connectivity index (χ1) is 39.0. The molecule has 0 aliphatic rings. The summed E-state index contributed by atoms with van der Waals surface area (Å²) in [6, 6.07) is 0. The van der Waals surface area contributed by atoms with E-state index in [1.54, 1.807) is 0 Å². The van der Waals surface area contributed by atoms with E-state index in [2.05, 4.69) is 154 Å². The minimum atomic E-state index is -0.801. The van der Waals surface area contributed by atoms with Crippen LogP contribution in [0, 0.1) is 0 Å². The van der Waals surface area contributed by atoms with Gasteiger partial charge in [0.2, 0.25) is 0 Å². The molecule has 1 atom stereocenters. The van der Waals surface area contributed by atoms with Crippen LogP contribution in [0.3, 0.4) is 0 Å². The molecule has 0 rings (SSSR count). The fraction of sp³-hybridized carbons (Fsp3) is 0.658. The Hall–Kier alpha value is -4.45. The number of allylic oxidation sites excluding steroid dienone is 22. The van der Waals surface area contributed by atoms with E-state index in [1.807, 2.05) is 0 Å². The molecule has 0 aromatic carbocycles. The summed E-state index contributed by atoms with van der Waals surface area (Å²) >= 11 is 0. The van der Waals surface area contributed by atoms with Crippen LogP contribution >= 0.6 is 0 Å². The lowest BCUT2D eigenvalue weighted by molar-refractivity contribution is -0.167. The van der Waals surface area contributed by atoms with Gasteiger partial charge in [-0.1, -0.05) is 283 Å². The van der Waals surface area contributed by atoms with Gasteiger partial charge in [-0.15, -0.1) is 0 Å². The molecule has 0 fully saturated rings. The third-order valence-electron chi connectivity index (χ3n) is 13.6. The maximum absolute atomic E-state index is 12.9. The van der Waals surface area contributed by atoms with Crippen molar-refractivity contribution in [3.05, 3.63) is 134 Å². The molecule has 0 heterocycles. The fourth-order valence-electron chi connectivity index (χ4n) is 8.76. The molecule has 0 aromatic heterocycles. The van der Waals surface area contributed by atoms with E-state index in [4.69, 9.17) is 14.2 Å². The van der Waals surface area contributed by atoms with Crippen LogP contribution in [0.15, 0.2) is 134 Å². The molecule has 6 heteroatoms. The highest BCUT2D eigenvalue weighted by atomic mass is 16.6. The van der Waals surface area contributed by atoms with Gasteiger partial charge in [-0.2, -0.15) is 0 Å². The second-order valence-electron chi connectivity index (χ2n) is 21.3. The monoisotopic (exact) mass is 1090 g/mol. The zero-order chi connectivity index (χ0) is 57.1. The first-order valence-corrected chi connectivity index (χ1v) is 32.7. The summed E-state index contributed by atoms with van der Waals surface area (Å²) in [5, 5.41) is 0. The maximum atomic E-state index is 12.9. The molecular formula is C73H120O6. The number of rotatable bonds is 58. The van der Waals surface area contributed by atoms with Crippen LogP contribution < -0.4 is 0 Å². The first kappa shape index (κ1) is 74.5. The Morgan fingerprint density at radius 3 is 0.835 bits per heavy atom. The predicted molar refractivity (Wildman–Crippen MR) is 343 cm³/mol. The highest BCUT2D eigenvalue weighted by Crippen LogP contribution is 2.16. The number of ether oxygens (including phenoxy) is 3. The van der Waals surface area contributed by atoms with Gasteiger partial charge in [-0.3, -0.25) is 14.4 Å². The number of esters is 3. The lowest BCUT2D eigenvalue weighted by atomic mass is 10.0. The topological polar surface area (TPSA) is 78.9 Å². The summed E-state index contributed by atoms with van der Waals surface area (Å²) in [4.78, 5) is 38.2. The Morgan fingerprint density at radius 2 is 0.494 bits per heavy atom. The van der Waals surface area contributed by atoms with Gasteiger partial charge < -0.3 is 14.2 Å². The van der Waals surface area contributed by atoms with Gasteiger partial charge in [-0.25, -0.2) is 0 Å². The summed E-state index contributed by atoms with van der Waals surface area (Å²) < 4.78 is 16.9. The van der Waals surface area contributed by atoms with Crippen LogP contribution in [-0.2, 0) is 28.6 Å². The largest absolute Gasteiger partial charge is 0.462 e. The average molecular weight is 1090 g/mol. The van der Waals surface area contributed by atoms with Gasteiger partial charge in [0.05, 0.1) is 0 Å². The first-order valence-electron chi connectivity index (χ1n) is 32.7. The van der Waals surface area contributed by atoms with Crippen molar-refractivity contribution in [1.29, 1.82) is 0 Å². The number of carbonyl (C=O) groups is 3. The third kappa shape index (κ3) is 64.3. The summed E-state index contributed by atoms with van der Waals surface area (Å²) in [5.74, 6) is -0.946. The van der Waals surface area contributed by atoms with E-state index >= 15 is 0 Å². The second kappa shape index (κ2) is 66.1. The van der Waals surface area contributed by atoms with Gasteiger partial charge in [0, 0.05) is 19.3 Å². The van der Waals surface area contributed by atoms with Crippen molar-refractivity contribution in [1.82, 2.24) is 0 Å². The van der Waals surface area contributed by atoms with Crippen LogP contribution in [0.5, 0.6) is 0 Å². The van der Waals surface area contributed by atoms with Gasteiger partial charge in [0.1, 0.15) is 13.2 Å². The Morgan fingerprint density at radius 1 is 0.266 bits per heavy atom. The minimum Gasteiger partial charge on any atom is -0.462 e. The molecule has 0 aliphatic heterocycles. The van der Waals surface area contributed by atoms with Crippen molar-refractivity contribution < 1.29 is 28.6 Å². The molecule has 0 saturated heterocycles. The van der Waals surface area contributed by atoms with Crippen molar-refractivity contribution in [2.45, 2.75) is 297 Å². The molecule has 79 heavy (non-hydrogen) atoms. The van der Waals surface area contributed by atoms with E-state index in [-0.39, 0.29) is 31.1 Å². The Kier molecular flexibility index (Phi) is 62.3. The minimum absolute atomic E-state index is 0.0966. The predicted octanol–water partition coefficient (Wildman–Crippen LogP) is 22.5. The second-order valence-corrected chi connectivity index (χ2v) is 21.3. The maximum Gasteiger partial charge on any atom is 0.306 e. The molecule has 1 unspecified atom stereocenters. The molecule has 0 aliphatic carbocycles. The molecule has 0 radical (unpaired) electrons. The highest BCUT2D eigenvalue weighted by Gasteiger charge is 2.19. The molecule has 0 N–H and O–H groups in total. The quantitative estimate of drug-likeness (QED) is 0.0261. The van der Waals surface area contributed by atoms with E-state index in [1.165, 1.54) is 116 Å². The van der Waals surface area contributed by atoms with E-state index in [0.29, 0.717) is 25.7 Å². The Labute approximate surface area is 487 Å². The summed E-state index contributed by atoms with van der Waals surface area (Å²) in [5.41, 5.74) is 0. The van der Waals surface area contributed by atoms with Gasteiger partial charge in [0.25, 0.3) is 0 Å². The van der Waals surface area contributed by atoms with Crippen molar-refractivity contribution in [2.24, 2.45) is 0 Å². The third-order valence-corrected chi connectivity index (χ3v) is 13.6. The molecular weight excluding hydrogens is 973 g/mol. The lowest BCUT2D eigenvalue weighted by Crippen LogP contribution is -2.30. The van der Waals surface area contributed by atoms with Crippen molar-refractivity contribution in [3.8, 4) is 0 Å². The van der Waals surface area contributed by atoms with E-state index in [9.17, 15) is 14.4 Å². The number of hydrogen-bond acceptors (Lipinski definition) is 6. The molecule has 0 aromatic rings. The van der Waals surface area contributed by atoms with Crippen LogP contribution in [0.2, 0.25) is 0 Å². The molecule has 6 nitrogen and oxygen atoms in total. The van der Waals surface area contributed by atoms with Gasteiger partial charge in [0.15, 0.2) is 6.10 Å². The van der Waals surface area contributed by atoms with Crippen LogP contribution in [0.25, 0.3) is 0 Å². The normalized spacial score (nSPS) is 13.0. The SMILES string of the molecule is CC/C=C\C/C=C\C/C=C\C/C=C\C/C=C\C/C=C\C/C=C\C/C=C\C/C=C\C/C=C\CCCCC(=O)OCC(COC(=O)CCCCCCC/C=C\CCCCC)OC(=O)CCCCCCCCCCCCCCCCCC. The van der Waals surface area contributed by atoms with Crippen molar-refractivity contribution in [3.63, 3.8) is 0 Å². The van der Waals surface area contributed by atoms with Crippen LogP contribution in [-0.4, -0.2) is 37.2 Å². The van der Waals surface area contributed by atoms with E-state index in [0.717, 1.165) is 128 Å². The van der Waals surface area contributed by atoms with Crippen LogP contribution in [0.1, 0.15) is 290 Å². The zero-order valence-corrected chi connectivity index (χ0v) is 51.3. The number of unbranched alkanes of at least 4 members (excludes halogenated alkanes) is 25. The molecule has 0 saturated carbocycles. The average Bonchev–Trinajstić information content (AvgIpc) is 3.45. The standard InChI is InChI=1S/C73H120O6/c1-4-7-10-13-16-19-22-25-27-29-30-31-32-33-34-35-36-37-38-39-40-41-42-43-44-45-47-48-51-54-57-60-63-66-72(75)78-69-70(68-77-71(74)65-62-59-56-53-50-24-21-18-15-12-9-6-3)79-73(76)67-64-61-58-55-52-49-46-28-26-23-20-17-14-11-8-5-2/h7,10,16,18-19,21,25,27,30-31,33-34,36-37,39-40,42-43,45,47,51,54,70H,4-6,8-9,11-15,17,20,22-24,26,28-29,32,35,38,41,44,46,48-50,52-53,55-69H2,1-3H3/b10-7-,19-16-,21-18-,27-25-,31-30-,34-33-,37-36-,40-39-,43-42-,47-45-,54-51-. The zero-order valence-electron chi connectivity index (χ0n) is 51.3. The van der Waals surface area contributed by atoms with Gasteiger partial charge in [-0.05, 0) is 122 Å². The Balaban J connectivity index is 4.36. The van der Waals surface area contributed by atoms with Gasteiger partial charge >= 0.3 is 17.9 Å². The molecule has 0 amide bonds. The molecule has 448 valence electrons. The summed E-state index contributed by atoms with van der Waals surface area (Å²) in [7, 11) is 0. The molecule has 0 spiro atoms. The lowest BCUT2D eigenvalue weighted by Gasteiger charge is -2.18. The summed E-state index contributed by atoms with van der Waals surface area (Å²) in [6.07, 6.45) is 93.2. The number of hydrogen-bond donors (Lipinski definition) is 0. The Bertz CT molecular complexity index is 1680. The van der Waals surface area contributed by atoms with E-state index < -0.39 is 6.10 Å². The fourth-order valence-corrected chi connectivity index (χ4v) is 8.76.